The van der Waals surface area contributed by atoms with E-state index < -0.39 is 0 Å². The van der Waals surface area contributed by atoms with Crippen LogP contribution in [0.3, 0.4) is 0 Å². The third-order valence-electron chi connectivity index (χ3n) is 2.36. The lowest BCUT2D eigenvalue weighted by molar-refractivity contribution is 0.462. The van der Waals surface area contributed by atoms with E-state index in [1.165, 1.54) is 0 Å². The van der Waals surface area contributed by atoms with E-state index in [1.54, 1.807) is 6.26 Å². The molecule has 0 aliphatic carbocycles. The van der Waals surface area contributed by atoms with Gasteiger partial charge in [-0.15, -0.1) is 0 Å². The molecule has 2 rings (SSSR count). The summed E-state index contributed by atoms with van der Waals surface area (Å²) in [6.45, 7) is 4.62. The van der Waals surface area contributed by atoms with Gasteiger partial charge < -0.3 is 14.2 Å². The molecule has 0 aromatic carbocycles. The number of nitriles is 1. The van der Waals surface area contributed by atoms with Crippen LogP contribution in [0, 0.1) is 17.2 Å². The summed E-state index contributed by atoms with van der Waals surface area (Å²) < 4.78 is 10.7. The molecule has 0 aliphatic rings. The van der Waals surface area contributed by atoms with E-state index in [-0.39, 0.29) is 5.69 Å². The molecule has 0 saturated heterocycles. The van der Waals surface area contributed by atoms with Gasteiger partial charge in [0.05, 0.1) is 12.8 Å². The van der Waals surface area contributed by atoms with Crippen LogP contribution in [0.25, 0.3) is 0 Å². The Morgan fingerprint density at radius 1 is 1.50 bits per heavy atom. The summed E-state index contributed by atoms with van der Waals surface area (Å²) in [5.41, 5.74) is 0.289. The highest BCUT2D eigenvalue weighted by molar-refractivity contribution is 5.45. The van der Waals surface area contributed by atoms with Crippen LogP contribution in [0.4, 0.5) is 5.88 Å². The fourth-order valence-corrected chi connectivity index (χ4v) is 1.58. The average Bonchev–Trinajstić information content (AvgIpc) is 2.94. The van der Waals surface area contributed by atoms with E-state index in [9.17, 15) is 0 Å². The minimum atomic E-state index is 0.289. The summed E-state index contributed by atoms with van der Waals surface area (Å²) in [5, 5.41) is 12.0. The fraction of sp³-hybridized carbons (Fsp3) is 0.385. The number of nitrogens with zero attached hydrogens (tertiary/aromatic N) is 2. The second-order valence-electron chi connectivity index (χ2n) is 4.43. The number of nitrogens with one attached hydrogen (secondary N) is 1. The van der Waals surface area contributed by atoms with E-state index >= 15 is 0 Å². The van der Waals surface area contributed by atoms with Crippen molar-refractivity contribution in [3.8, 4) is 6.07 Å². The Labute approximate surface area is 105 Å². The Hall–Kier alpha value is -2.22. The molecule has 2 heterocycles. The molecule has 0 fully saturated rings. The summed E-state index contributed by atoms with van der Waals surface area (Å²) in [4.78, 5) is 4.15. The first-order valence-corrected chi connectivity index (χ1v) is 5.85. The number of hydrogen-bond donors (Lipinski definition) is 1. The predicted molar refractivity (Wildman–Crippen MR) is 65.8 cm³/mol. The van der Waals surface area contributed by atoms with Gasteiger partial charge in [0.25, 0.3) is 0 Å². The van der Waals surface area contributed by atoms with Crippen LogP contribution in [0.15, 0.2) is 27.2 Å². The highest BCUT2D eigenvalue weighted by Gasteiger charge is 2.13. The van der Waals surface area contributed by atoms with E-state index in [4.69, 9.17) is 14.1 Å². The maximum atomic E-state index is 8.99. The molecule has 0 spiro atoms. The SMILES string of the molecule is CC(C)Cc1nc(C#N)c(NCc2ccco2)o1. The van der Waals surface area contributed by atoms with Crippen LogP contribution >= 0.6 is 0 Å². The molecule has 94 valence electrons. The zero-order valence-corrected chi connectivity index (χ0v) is 10.4. The van der Waals surface area contributed by atoms with E-state index in [1.807, 2.05) is 18.2 Å². The summed E-state index contributed by atoms with van der Waals surface area (Å²) in [5.74, 6) is 2.21. The summed E-state index contributed by atoms with van der Waals surface area (Å²) in [6, 6.07) is 5.69. The molecule has 2 aromatic rings. The van der Waals surface area contributed by atoms with Crippen molar-refractivity contribution in [1.29, 1.82) is 5.26 Å². The van der Waals surface area contributed by atoms with Crippen LogP contribution in [0.1, 0.15) is 31.2 Å². The lowest BCUT2D eigenvalue weighted by Crippen LogP contribution is -1.98. The molecule has 18 heavy (non-hydrogen) atoms. The number of rotatable bonds is 5. The van der Waals surface area contributed by atoms with Crippen LogP contribution < -0.4 is 5.32 Å². The van der Waals surface area contributed by atoms with E-state index in [0.29, 0.717) is 24.2 Å². The van der Waals surface area contributed by atoms with Gasteiger partial charge >= 0.3 is 0 Å². The van der Waals surface area contributed by atoms with Gasteiger partial charge in [0, 0.05) is 6.42 Å². The van der Waals surface area contributed by atoms with Crippen LogP contribution in [-0.2, 0) is 13.0 Å². The van der Waals surface area contributed by atoms with Crippen molar-refractivity contribution < 1.29 is 8.83 Å². The van der Waals surface area contributed by atoms with Crippen molar-refractivity contribution in [2.45, 2.75) is 26.8 Å². The fourth-order valence-electron chi connectivity index (χ4n) is 1.58. The molecule has 2 aromatic heterocycles. The molecule has 0 aliphatic heterocycles. The third-order valence-corrected chi connectivity index (χ3v) is 2.36. The van der Waals surface area contributed by atoms with Gasteiger partial charge in [-0.2, -0.15) is 5.26 Å². The highest BCUT2D eigenvalue weighted by Crippen LogP contribution is 2.19. The Bertz CT molecular complexity index is 535. The molecule has 5 nitrogen and oxygen atoms in total. The molecular formula is C13H15N3O2. The van der Waals surface area contributed by atoms with Crippen molar-refractivity contribution in [1.82, 2.24) is 4.98 Å². The lowest BCUT2D eigenvalue weighted by atomic mass is 10.1. The molecule has 0 unspecified atom stereocenters. The average molecular weight is 245 g/mol. The molecule has 0 radical (unpaired) electrons. The summed E-state index contributed by atoms with van der Waals surface area (Å²) in [7, 11) is 0. The van der Waals surface area contributed by atoms with Gasteiger partial charge in [-0.1, -0.05) is 13.8 Å². The topological polar surface area (TPSA) is 75.0 Å². The van der Waals surface area contributed by atoms with Crippen LogP contribution in [0.5, 0.6) is 0 Å². The molecule has 0 bridgehead atoms. The van der Waals surface area contributed by atoms with Crippen molar-refractivity contribution >= 4 is 5.88 Å². The van der Waals surface area contributed by atoms with Gasteiger partial charge in [-0.05, 0) is 18.1 Å². The number of aromatic nitrogens is 1. The van der Waals surface area contributed by atoms with Gasteiger partial charge in [0.15, 0.2) is 5.89 Å². The van der Waals surface area contributed by atoms with Crippen molar-refractivity contribution in [2.75, 3.05) is 5.32 Å². The first-order chi connectivity index (χ1) is 8.69. The maximum Gasteiger partial charge on any atom is 0.232 e. The number of anilines is 1. The van der Waals surface area contributed by atoms with Crippen molar-refractivity contribution in [3.63, 3.8) is 0 Å². The van der Waals surface area contributed by atoms with Gasteiger partial charge in [-0.25, -0.2) is 4.98 Å². The zero-order valence-electron chi connectivity index (χ0n) is 10.4. The van der Waals surface area contributed by atoms with Gasteiger partial charge in [0.2, 0.25) is 11.6 Å². The molecule has 5 heteroatoms. The van der Waals surface area contributed by atoms with Crippen molar-refractivity contribution in [2.24, 2.45) is 5.92 Å². The maximum absolute atomic E-state index is 8.99. The summed E-state index contributed by atoms with van der Waals surface area (Å²) >= 11 is 0. The molecule has 0 saturated carbocycles. The van der Waals surface area contributed by atoms with E-state index in [2.05, 4.69) is 24.1 Å². The Morgan fingerprint density at radius 3 is 2.94 bits per heavy atom. The van der Waals surface area contributed by atoms with Gasteiger partial charge in [-0.3, -0.25) is 0 Å². The largest absolute Gasteiger partial charge is 0.467 e. The van der Waals surface area contributed by atoms with Gasteiger partial charge in [0.1, 0.15) is 11.8 Å². The Morgan fingerprint density at radius 2 is 2.33 bits per heavy atom. The summed E-state index contributed by atoms with van der Waals surface area (Å²) in [6.07, 6.45) is 2.32. The quantitative estimate of drug-likeness (QED) is 0.876. The molecule has 1 N–H and O–H groups in total. The lowest BCUT2D eigenvalue weighted by Gasteiger charge is -2.00. The molecular weight excluding hydrogens is 230 g/mol. The smallest absolute Gasteiger partial charge is 0.232 e. The van der Waals surface area contributed by atoms with Crippen LogP contribution in [-0.4, -0.2) is 4.98 Å². The Balaban J connectivity index is 2.07. The standard InChI is InChI=1S/C13H15N3O2/c1-9(2)6-12-16-11(7-14)13(18-12)15-8-10-4-3-5-17-10/h3-5,9,15H,6,8H2,1-2H3. The first-order valence-electron chi connectivity index (χ1n) is 5.85. The number of hydrogen-bond acceptors (Lipinski definition) is 5. The first kappa shape index (κ1) is 12.2. The number of furan rings is 1. The monoisotopic (exact) mass is 245 g/mol. The molecule has 0 amide bonds. The second kappa shape index (κ2) is 5.41. The second-order valence-corrected chi connectivity index (χ2v) is 4.43. The Kier molecular flexibility index (Phi) is 3.68. The van der Waals surface area contributed by atoms with E-state index in [0.717, 1.165) is 12.2 Å². The minimum absolute atomic E-state index is 0.289. The van der Waals surface area contributed by atoms with Crippen molar-refractivity contribution in [3.05, 3.63) is 35.7 Å². The zero-order chi connectivity index (χ0) is 13.0. The highest BCUT2D eigenvalue weighted by atomic mass is 16.4. The minimum Gasteiger partial charge on any atom is -0.467 e. The molecule has 0 atom stereocenters. The third kappa shape index (κ3) is 2.92. The normalized spacial score (nSPS) is 10.6. The number of oxazole rings is 1. The van der Waals surface area contributed by atoms with Crippen LogP contribution in [0.2, 0.25) is 0 Å². The predicted octanol–water partition coefficient (Wildman–Crippen LogP) is 2.95.